The van der Waals surface area contributed by atoms with Crippen LogP contribution in [-0.4, -0.2) is 16.2 Å². The van der Waals surface area contributed by atoms with Gasteiger partial charge >= 0.3 is 0 Å². The van der Waals surface area contributed by atoms with E-state index in [-0.39, 0.29) is 48.1 Å². The Balaban J connectivity index is 0.00000641. The summed E-state index contributed by atoms with van der Waals surface area (Å²) in [6.07, 6.45) is 1.95. The molecule has 386 valence electrons. The van der Waals surface area contributed by atoms with Gasteiger partial charge in [-0.3, -0.25) is 4.48 Å². The van der Waals surface area contributed by atoms with Crippen LogP contribution >= 0.6 is 0 Å². The van der Waals surface area contributed by atoms with Crippen molar-refractivity contribution in [3.63, 3.8) is 0 Å². The van der Waals surface area contributed by atoms with Gasteiger partial charge in [-0.2, -0.15) is 12.1 Å². The first-order valence-corrected chi connectivity index (χ1v) is 26.7. The number of para-hydroxylation sites is 3. The molecule has 12 rings (SSSR count). The zero-order valence-corrected chi connectivity index (χ0v) is 49.1. The quantitative estimate of drug-likeness (QED) is 0.117. The molecular weight excluding hydrogens is 1090 g/mol. The number of anilines is 3. The number of nitrogens with zero attached hydrogens (tertiary/aromatic N) is 5. The topological polar surface area (TPSA) is 21.1 Å². The Morgan fingerprint density at radius 3 is 1.77 bits per heavy atom. The summed E-state index contributed by atoms with van der Waals surface area (Å²) in [6, 6.07) is 65.1. The van der Waals surface area contributed by atoms with E-state index in [0.717, 1.165) is 46.0 Å². The first kappa shape index (κ1) is 52.3. The molecule has 2 aromatic heterocycles. The van der Waals surface area contributed by atoms with Gasteiger partial charge < -0.3 is 14.0 Å². The predicted octanol–water partition coefficient (Wildman–Crippen LogP) is 18.8. The fourth-order valence-electron chi connectivity index (χ4n) is 11.6. The van der Waals surface area contributed by atoms with E-state index in [1.165, 1.54) is 67.1 Å². The maximum absolute atomic E-state index is 5.02. The molecule has 0 N–H and O–H groups in total. The molecule has 1 saturated heterocycles. The Hall–Kier alpha value is -6.10. The van der Waals surface area contributed by atoms with E-state index in [2.05, 4.69) is 284 Å². The molecule has 7 aromatic carbocycles. The molecule has 0 spiro atoms. The number of hydrogen-bond donors (Lipinski definition) is 0. The molecule has 1 fully saturated rings. The molecule has 0 aliphatic carbocycles. The van der Waals surface area contributed by atoms with Crippen molar-refractivity contribution in [3.05, 3.63) is 204 Å². The van der Waals surface area contributed by atoms with Crippen LogP contribution in [0.4, 0.5) is 39.8 Å². The van der Waals surface area contributed by atoms with Crippen LogP contribution < -0.4 is 13.9 Å². The van der Waals surface area contributed by atoms with E-state index >= 15 is 0 Å². The third-order valence-corrected chi connectivity index (χ3v) is 15.9. The van der Waals surface area contributed by atoms with Crippen molar-refractivity contribution < 1.29 is 21.1 Å². The number of aromatic nitrogens is 2. The summed E-state index contributed by atoms with van der Waals surface area (Å²) in [6.45, 7) is 38.3. The molecule has 0 radical (unpaired) electrons. The van der Waals surface area contributed by atoms with Gasteiger partial charge in [-0.25, -0.2) is 4.98 Å². The Morgan fingerprint density at radius 1 is 0.520 bits per heavy atom. The van der Waals surface area contributed by atoms with Gasteiger partial charge in [0.15, 0.2) is 18.0 Å². The van der Waals surface area contributed by atoms with E-state index in [1.807, 2.05) is 6.20 Å². The average Bonchev–Trinajstić information content (AvgIpc) is 4.15. The Morgan fingerprint density at radius 2 is 1.12 bits per heavy atom. The molecule has 6 heteroatoms. The van der Waals surface area contributed by atoms with Crippen LogP contribution in [0.25, 0.3) is 38.8 Å². The molecule has 0 unspecified atom stereocenters. The zero-order chi connectivity index (χ0) is 52.5. The minimum absolute atomic E-state index is 0. The normalized spacial score (nSPS) is 17.7. The first-order chi connectivity index (χ1) is 34.8. The second-order valence-electron chi connectivity index (χ2n) is 26.4. The largest absolute Gasteiger partial charge is 0.358 e. The summed E-state index contributed by atoms with van der Waals surface area (Å²) in [5, 5.41) is 2.31. The Labute approximate surface area is 462 Å². The van der Waals surface area contributed by atoms with E-state index in [1.54, 1.807) is 0 Å². The van der Waals surface area contributed by atoms with Gasteiger partial charge in [0, 0.05) is 67.9 Å². The molecule has 0 saturated carbocycles. The number of hydrogen-bond acceptors (Lipinski definition) is 2. The molecule has 2 atom stereocenters. The predicted molar refractivity (Wildman–Crippen MR) is 315 cm³/mol. The number of fused-ring (bicyclic) bond motifs is 3. The fourth-order valence-corrected chi connectivity index (χ4v) is 11.6. The molecule has 9 aromatic rings. The van der Waals surface area contributed by atoms with Crippen molar-refractivity contribution in [2.24, 2.45) is 0 Å². The van der Waals surface area contributed by atoms with Gasteiger partial charge in [0.1, 0.15) is 11.5 Å². The third-order valence-electron chi connectivity index (χ3n) is 15.9. The van der Waals surface area contributed by atoms with Gasteiger partial charge in [0.25, 0.3) is 0 Å². The molecule has 5 heterocycles. The molecule has 3 aliphatic heterocycles. The van der Waals surface area contributed by atoms with Crippen LogP contribution in [0.2, 0.25) is 0 Å². The summed E-state index contributed by atoms with van der Waals surface area (Å²) in [4.78, 5) is 7.37. The number of quaternary nitrogens is 2. The van der Waals surface area contributed by atoms with Gasteiger partial charge in [0.2, 0.25) is 0 Å². The van der Waals surface area contributed by atoms with Crippen molar-refractivity contribution in [2.45, 2.75) is 131 Å². The zero-order valence-electron chi connectivity index (χ0n) is 46.8. The average molecular weight is 1170 g/mol. The maximum Gasteiger partial charge on any atom is 0.187 e. The van der Waals surface area contributed by atoms with Crippen molar-refractivity contribution in [3.8, 4) is 16.9 Å². The molecule has 2 bridgehead atoms. The smallest absolute Gasteiger partial charge is 0.187 e. The van der Waals surface area contributed by atoms with Crippen LogP contribution in [0.1, 0.15) is 132 Å². The van der Waals surface area contributed by atoms with Gasteiger partial charge in [-0.15, -0.1) is 23.6 Å². The summed E-state index contributed by atoms with van der Waals surface area (Å²) in [5.74, 6) is 0.886. The van der Waals surface area contributed by atoms with Crippen LogP contribution in [0.5, 0.6) is 0 Å². The molecule has 0 amide bonds. The van der Waals surface area contributed by atoms with E-state index in [0.29, 0.717) is 8.97 Å². The molecule has 5 nitrogen and oxygen atoms in total. The van der Waals surface area contributed by atoms with Crippen molar-refractivity contribution in [1.29, 1.82) is 0 Å². The number of pyridine rings is 1. The number of rotatable bonds is 7. The van der Waals surface area contributed by atoms with Crippen LogP contribution in [0, 0.1) is 18.8 Å². The Bertz CT molecular complexity index is 3620. The van der Waals surface area contributed by atoms with Crippen molar-refractivity contribution in [1.82, 2.24) is 18.5 Å². The summed E-state index contributed by atoms with van der Waals surface area (Å²) < 4.78 is 3.51. The molecule has 75 heavy (non-hydrogen) atoms. The van der Waals surface area contributed by atoms with Gasteiger partial charge in [-0.05, 0) is 91.3 Å². The van der Waals surface area contributed by atoms with Gasteiger partial charge in [-0.1, -0.05) is 211 Å². The van der Waals surface area contributed by atoms with Crippen molar-refractivity contribution in [2.75, 3.05) is 11.6 Å². The van der Waals surface area contributed by atoms with Crippen LogP contribution in [-0.2, 0) is 48.1 Å². The fraction of sp³-hybridized carbons (Fsp3) is 0.304. The minimum Gasteiger partial charge on any atom is -0.358 e. The second-order valence-corrected chi connectivity index (χ2v) is 26.4. The molecular formula is C69H74N5Pt-. The van der Waals surface area contributed by atoms with Gasteiger partial charge in [0.05, 0.1) is 6.67 Å². The van der Waals surface area contributed by atoms with Crippen LogP contribution in [0.15, 0.2) is 158 Å². The standard InChI is InChI=1S/C69H74N5.Pt/c1-65(2,3)47-24-21-23-46(37-47)55-28-22-30-61-64(55)73(54-39-49(67(7,8)9)38-50(40-54)68(10,11)12)44-74(61,45-73)62-43-53(32-34-58(62)69(13,14)15)71(51-25-17-16-18-26-51)52-31-33-57-56-27-19-20-29-59(56)72(60(57)42-52)63-41-48(35-36-70-63)66(4,5)6;/h16-41,44H,45H2,1-15H3;/q-1;/t73-,74-;/m0./s1. The van der Waals surface area contributed by atoms with Crippen LogP contribution in [0.3, 0.4) is 0 Å². The monoisotopic (exact) mass is 1170 g/mol. The van der Waals surface area contributed by atoms with E-state index in [4.69, 9.17) is 4.98 Å². The summed E-state index contributed by atoms with van der Waals surface area (Å²) in [5.41, 5.74) is 18.9. The first-order valence-electron chi connectivity index (χ1n) is 26.7. The SMILES string of the molecule is CC(C)(C)c1cccc(-c2cccc3c2[N@@+]2(c4cc(C(C)(C)C)cc(C(C)(C)C)c4)[CH-][N@+]3(c3[c-]c(N(c4[c-]c5c(cc4)c4ccccc4n5-c4cc(C(C)(C)C)ccn4)c4ccccc4)ccc3C(C)(C)C)C2)c1.[Pt]. The van der Waals surface area contributed by atoms with Crippen molar-refractivity contribution >= 4 is 61.6 Å². The second kappa shape index (κ2) is 18.0. The maximum atomic E-state index is 5.02. The summed E-state index contributed by atoms with van der Waals surface area (Å²) >= 11 is 0. The van der Waals surface area contributed by atoms with E-state index in [9.17, 15) is 0 Å². The number of benzene rings is 7. The summed E-state index contributed by atoms with van der Waals surface area (Å²) in [7, 11) is 0. The third kappa shape index (κ3) is 8.81. The Kier molecular flexibility index (Phi) is 12.6. The minimum atomic E-state index is -0.193. The van der Waals surface area contributed by atoms with E-state index < -0.39 is 0 Å². The molecule has 3 aliphatic rings.